The van der Waals surface area contributed by atoms with Gasteiger partial charge in [-0.3, -0.25) is 4.79 Å². The smallest absolute Gasteiger partial charge is 0.237 e. The number of benzene rings is 2. The number of nitrogens with zero attached hydrogens (tertiary/aromatic N) is 2. The fourth-order valence-electron chi connectivity index (χ4n) is 2.17. The number of para-hydroxylation sites is 3. The van der Waals surface area contributed by atoms with Crippen molar-refractivity contribution >= 4 is 57.1 Å². The minimum atomic E-state index is -0.353. The van der Waals surface area contributed by atoms with Gasteiger partial charge in [-0.2, -0.15) is 0 Å². The summed E-state index contributed by atoms with van der Waals surface area (Å²) < 4.78 is 6.00. The van der Waals surface area contributed by atoms with Gasteiger partial charge in [-0.1, -0.05) is 59.0 Å². The summed E-state index contributed by atoms with van der Waals surface area (Å²) in [5, 5.41) is 15.0. The first kappa shape index (κ1) is 19.5. The maximum Gasteiger partial charge on any atom is 0.237 e. The number of hydrogen-bond donors (Lipinski definition) is 2. The van der Waals surface area contributed by atoms with E-state index in [1.165, 1.54) is 23.1 Å². The highest BCUT2D eigenvalue weighted by molar-refractivity contribution is 8.02. The standard InChI is InChI=1S/C18H17ClN4O2S2/c1-11(16(24)20-13-8-4-3-7-12(13)19)26-18-23-22-17(27-18)21-14-9-5-6-10-15(14)25-2/h3-11H,1-2H3,(H,20,24)(H,21,22). The van der Waals surface area contributed by atoms with Crippen LogP contribution in [0.1, 0.15) is 6.92 Å². The summed E-state index contributed by atoms with van der Waals surface area (Å²) in [6, 6.07) is 14.7. The average molecular weight is 421 g/mol. The minimum Gasteiger partial charge on any atom is -0.495 e. The van der Waals surface area contributed by atoms with Crippen molar-refractivity contribution in [3.63, 3.8) is 0 Å². The molecule has 1 heterocycles. The highest BCUT2D eigenvalue weighted by atomic mass is 35.5. The van der Waals surface area contributed by atoms with Crippen molar-refractivity contribution in [3.05, 3.63) is 53.6 Å². The predicted octanol–water partition coefficient (Wildman–Crippen LogP) is 5.06. The largest absolute Gasteiger partial charge is 0.495 e. The third-order valence-corrected chi connectivity index (χ3v) is 5.89. The van der Waals surface area contributed by atoms with Gasteiger partial charge in [0, 0.05) is 0 Å². The van der Waals surface area contributed by atoms with Crippen molar-refractivity contribution in [1.29, 1.82) is 0 Å². The fourth-order valence-corrected chi connectivity index (χ4v) is 4.26. The number of anilines is 3. The van der Waals surface area contributed by atoms with Gasteiger partial charge < -0.3 is 15.4 Å². The average Bonchev–Trinajstić information content (AvgIpc) is 3.10. The SMILES string of the molecule is COc1ccccc1Nc1nnc(SC(C)C(=O)Nc2ccccc2Cl)s1. The molecule has 1 unspecified atom stereocenters. The quantitative estimate of drug-likeness (QED) is 0.520. The summed E-state index contributed by atoms with van der Waals surface area (Å²) in [6.07, 6.45) is 0. The second-order valence-electron chi connectivity index (χ2n) is 5.43. The molecule has 1 amide bonds. The van der Waals surface area contributed by atoms with Crippen LogP contribution >= 0.6 is 34.7 Å². The van der Waals surface area contributed by atoms with Crippen LogP contribution < -0.4 is 15.4 Å². The normalized spacial score (nSPS) is 11.7. The molecule has 6 nitrogen and oxygen atoms in total. The molecule has 3 aromatic rings. The van der Waals surface area contributed by atoms with E-state index in [9.17, 15) is 4.79 Å². The van der Waals surface area contributed by atoms with Crippen LogP contribution in [0.15, 0.2) is 52.9 Å². The molecule has 140 valence electrons. The van der Waals surface area contributed by atoms with E-state index in [0.717, 1.165) is 11.4 Å². The third kappa shape index (κ3) is 5.12. The molecule has 0 aliphatic heterocycles. The van der Waals surface area contributed by atoms with Crippen LogP contribution in [0.2, 0.25) is 5.02 Å². The van der Waals surface area contributed by atoms with Gasteiger partial charge in [0.2, 0.25) is 11.0 Å². The summed E-state index contributed by atoms with van der Waals surface area (Å²) in [5.74, 6) is 0.567. The number of nitrogens with one attached hydrogen (secondary N) is 2. The first-order valence-electron chi connectivity index (χ1n) is 8.02. The van der Waals surface area contributed by atoms with Crippen LogP contribution in [0.25, 0.3) is 0 Å². The number of amides is 1. The molecular formula is C18H17ClN4O2S2. The predicted molar refractivity (Wildman–Crippen MR) is 112 cm³/mol. The van der Waals surface area contributed by atoms with Crippen LogP contribution in [-0.4, -0.2) is 28.5 Å². The van der Waals surface area contributed by atoms with Gasteiger partial charge in [-0.25, -0.2) is 0 Å². The molecule has 0 fully saturated rings. The zero-order chi connectivity index (χ0) is 19.2. The molecule has 0 spiro atoms. The number of rotatable bonds is 7. The Bertz CT molecular complexity index is 935. The number of thioether (sulfide) groups is 1. The lowest BCUT2D eigenvalue weighted by Gasteiger charge is -2.11. The van der Waals surface area contributed by atoms with Crippen molar-refractivity contribution in [2.24, 2.45) is 0 Å². The number of halogens is 1. The Balaban J connectivity index is 1.61. The maximum atomic E-state index is 12.4. The molecule has 9 heteroatoms. The molecule has 0 bridgehead atoms. The number of ether oxygens (including phenoxy) is 1. The van der Waals surface area contributed by atoms with Crippen molar-refractivity contribution in [2.45, 2.75) is 16.5 Å². The third-order valence-electron chi connectivity index (χ3n) is 3.53. The Hall–Kier alpha value is -2.29. The van der Waals surface area contributed by atoms with Crippen molar-refractivity contribution < 1.29 is 9.53 Å². The van der Waals surface area contributed by atoms with Crippen molar-refractivity contribution in [1.82, 2.24) is 10.2 Å². The lowest BCUT2D eigenvalue weighted by atomic mass is 10.3. The monoisotopic (exact) mass is 420 g/mol. The van der Waals surface area contributed by atoms with Gasteiger partial charge >= 0.3 is 0 Å². The van der Waals surface area contributed by atoms with E-state index >= 15 is 0 Å². The Kier molecular flexibility index (Phi) is 6.54. The van der Waals surface area contributed by atoms with Gasteiger partial charge in [0.25, 0.3) is 0 Å². The molecule has 3 rings (SSSR count). The zero-order valence-corrected chi connectivity index (χ0v) is 17.0. The highest BCUT2D eigenvalue weighted by Crippen LogP contribution is 2.33. The van der Waals surface area contributed by atoms with Gasteiger partial charge in [0.1, 0.15) is 5.75 Å². The summed E-state index contributed by atoms with van der Waals surface area (Å²) in [5.41, 5.74) is 1.39. The molecule has 0 saturated heterocycles. The number of carbonyl (C=O) groups excluding carboxylic acids is 1. The van der Waals surface area contributed by atoms with E-state index in [1.807, 2.05) is 43.3 Å². The minimum absolute atomic E-state index is 0.150. The summed E-state index contributed by atoms with van der Waals surface area (Å²) in [7, 11) is 1.61. The van der Waals surface area contributed by atoms with E-state index in [4.69, 9.17) is 16.3 Å². The molecule has 1 atom stereocenters. The fraction of sp³-hybridized carbons (Fsp3) is 0.167. The molecule has 2 N–H and O–H groups in total. The van der Waals surface area contributed by atoms with Gasteiger partial charge in [0.15, 0.2) is 4.34 Å². The van der Waals surface area contributed by atoms with Crippen LogP contribution in [-0.2, 0) is 4.79 Å². The van der Waals surface area contributed by atoms with Gasteiger partial charge in [-0.05, 0) is 31.2 Å². The zero-order valence-electron chi connectivity index (χ0n) is 14.6. The number of aromatic nitrogens is 2. The van der Waals surface area contributed by atoms with E-state index in [2.05, 4.69) is 20.8 Å². The topological polar surface area (TPSA) is 76.1 Å². The second kappa shape index (κ2) is 9.07. The Morgan fingerprint density at radius 1 is 1.15 bits per heavy atom. The number of hydrogen-bond acceptors (Lipinski definition) is 7. The van der Waals surface area contributed by atoms with Crippen LogP contribution in [0.3, 0.4) is 0 Å². The molecular weight excluding hydrogens is 404 g/mol. The van der Waals surface area contributed by atoms with Crippen LogP contribution in [0.4, 0.5) is 16.5 Å². The van der Waals surface area contributed by atoms with Crippen LogP contribution in [0, 0.1) is 0 Å². The summed E-state index contributed by atoms with van der Waals surface area (Å²) >= 11 is 8.78. The van der Waals surface area contributed by atoms with Gasteiger partial charge in [-0.15, -0.1) is 10.2 Å². The molecule has 0 saturated carbocycles. The second-order valence-corrected chi connectivity index (χ2v) is 8.40. The molecule has 0 aliphatic rings. The molecule has 2 aromatic carbocycles. The van der Waals surface area contributed by atoms with E-state index in [1.54, 1.807) is 19.2 Å². The number of methoxy groups -OCH3 is 1. The van der Waals surface area contributed by atoms with E-state index in [-0.39, 0.29) is 11.2 Å². The molecule has 1 aromatic heterocycles. The summed E-state index contributed by atoms with van der Waals surface area (Å²) in [6.45, 7) is 1.81. The Labute approximate surface area is 170 Å². The van der Waals surface area contributed by atoms with Crippen molar-refractivity contribution in [2.75, 3.05) is 17.7 Å². The van der Waals surface area contributed by atoms with E-state index in [0.29, 0.717) is 20.2 Å². The molecule has 0 aliphatic carbocycles. The van der Waals surface area contributed by atoms with E-state index < -0.39 is 0 Å². The number of carbonyl (C=O) groups is 1. The summed E-state index contributed by atoms with van der Waals surface area (Å²) in [4.78, 5) is 12.4. The van der Waals surface area contributed by atoms with Gasteiger partial charge in [0.05, 0.1) is 28.8 Å². The molecule has 27 heavy (non-hydrogen) atoms. The molecule has 0 radical (unpaired) electrons. The lowest BCUT2D eigenvalue weighted by Crippen LogP contribution is -2.22. The van der Waals surface area contributed by atoms with Crippen molar-refractivity contribution in [3.8, 4) is 5.75 Å². The van der Waals surface area contributed by atoms with Crippen LogP contribution in [0.5, 0.6) is 5.75 Å². The lowest BCUT2D eigenvalue weighted by molar-refractivity contribution is -0.115. The Morgan fingerprint density at radius 3 is 2.59 bits per heavy atom. The first-order valence-corrected chi connectivity index (χ1v) is 10.1. The first-order chi connectivity index (χ1) is 13.1. The highest BCUT2D eigenvalue weighted by Gasteiger charge is 2.18. The Morgan fingerprint density at radius 2 is 1.85 bits per heavy atom. The maximum absolute atomic E-state index is 12.4.